The second kappa shape index (κ2) is 10.4. The first-order valence-electron chi connectivity index (χ1n) is 12.1. The van der Waals surface area contributed by atoms with E-state index in [0.717, 1.165) is 12.8 Å². The van der Waals surface area contributed by atoms with E-state index in [2.05, 4.69) is 20.6 Å². The Morgan fingerprint density at radius 2 is 1.97 bits per heavy atom. The molecule has 4 N–H and O–H groups in total. The summed E-state index contributed by atoms with van der Waals surface area (Å²) in [7, 11) is 0. The van der Waals surface area contributed by atoms with E-state index < -0.39 is 5.82 Å². The zero-order valence-electron chi connectivity index (χ0n) is 19.8. The van der Waals surface area contributed by atoms with E-state index in [1.54, 1.807) is 6.20 Å². The van der Waals surface area contributed by atoms with Crippen molar-refractivity contribution < 1.29 is 13.9 Å². The molecule has 3 heterocycles. The summed E-state index contributed by atoms with van der Waals surface area (Å²) < 4.78 is 22.4. The molecule has 0 radical (unpaired) electrons. The van der Waals surface area contributed by atoms with Gasteiger partial charge in [-0.1, -0.05) is 23.2 Å². The molecule has 1 saturated carbocycles. The van der Waals surface area contributed by atoms with Crippen LogP contribution in [0.3, 0.4) is 0 Å². The summed E-state index contributed by atoms with van der Waals surface area (Å²) >= 11 is 12.2. The van der Waals surface area contributed by atoms with E-state index in [9.17, 15) is 9.18 Å². The predicted molar refractivity (Wildman–Crippen MR) is 137 cm³/mol. The molecule has 1 amide bonds. The fourth-order valence-electron chi connectivity index (χ4n) is 5.10. The number of hydrogen-bond acceptors (Lipinski definition) is 7. The lowest BCUT2D eigenvalue weighted by atomic mass is 9.85. The van der Waals surface area contributed by atoms with E-state index >= 15 is 0 Å². The maximum Gasteiger partial charge on any atom is 0.224 e. The van der Waals surface area contributed by atoms with E-state index in [4.69, 9.17) is 38.7 Å². The molecule has 36 heavy (non-hydrogen) atoms. The number of benzene rings is 1. The molecule has 3 aromatic rings. The second-order valence-corrected chi connectivity index (χ2v) is 10.4. The maximum atomic E-state index is 14.8. The largest absolute Gasteiger partial charge is 0.378 e. The Labute approximate surface area is 217 Å². The Balaban J connectivity index is 1.51. The molecule has 0 unspecified atom stereocenters. The molecule has 2 aromatic heterocycles. The van der Waals surface area contributed by atoms with E-state index in [1.165, 1.54) is 12.1 Å². The van der Waals surface area contributed by atoms with Crippen LogP contribution in [0.15, 0.2) is 18.3 Å². The van der Waals surface area contributed by atoms with Gasteiger partial charge in [0.2, 0.25) is 17.8 Å². The van der Waals surface area contributed by atoms with Crippen LogP contribution in [0, 0.1) is 11.7 Å². The quantitative estimate of drug-likeness (QED) is 0.396. The summed E-state index contributed by atoms with van der Waals surface area (Å²) in [6.45, 7) is 2.73. The van der Waals surface area contributed by atoms with Crippen LogP contribution in [-0.2, 0) is 9.53 Å². The molecule has 1 aliphatic heterocycles. The number of halogens is 3. The van der Waals surface area contributed by atoms with Crippen LogP contribution in [-0.4, -0.2) is 44.2 Å². The van der Waals surface area contributed by atoms with Crippen molar-refractivity contribution in [1.29, 1.82) is 0 Å². The number of amides is 1. The molecule has 1 saturated heterocycles. The van der Waals surface area contributed by atoms with Gasteiger partial charge in [0, 0.05) is 29.6 Å². The predicted octanol–water partition coefficient (Wildman–Crippen LogP) is 5.21. The highest BCUT2D eigenvalue weighted by atomic mass is 35.5. The first-order valence-corrected chi connectivity index (χ1v) is 12.9. The summed E-state index contributed by atoms with van der Waals surface area (Å²) in [6, 6.07) is 2.84. The van der Waals surface area contributed by atoms with Gasteiger partial charge in [-0.3, -0.25) is 9.36 Å². The van der Waals surface area contributed by atoms with Crippen molar-refractivity contribution in [3.63, 3.8) is 0 Å². The normalized spacial score (nSPS) is 24.6. The number of fused-ring (bicyclic) bond motifs is 1. The lowest BCUT2D eigenvalue weighted by molar-refractivity contribution is -0.122. The molecule has 192 valence electrons. The molecule has 0 spiro atoms. The number of nitrogens with zero attached hydrogens (tertiary/aromatic N) is 4. The van der Waals surface area contributed by atoms with Gasteiger partial charge < -0.3 is 21.1 Å². The van der Waals surface area contributed by atoms with Crippen LogP contribution in [0.2, 0.25) is 10.0 Å². The Kier molecular flexibility index (Phi) is 7.18. The number of nitrogens with one attached hydrogen (secondary N) is 2. The Hall–Kier alpha value is -2.69. The number of rotatable bonds is 6. The summed E-state index contributed by atoms with van der Waals surface area (Å²) in [6.07, 6.45) is 6.27. The smallest absolute Gasteiger partial charge is 0.224 e. The fraction of sp³-hybridized carbons (Fsp3) is 0.500. The van der Waals surface area contributed by atoms with Crippen LogP contribution in [0.1, 0.15) is 51.5 Å². The summed E-state index contributed by atoms with van der Waals surface area (Å²) in [4.78, 5) is 25.7. The first kappa shape index (κ1) is 25.0. The first-order chi connectivity index (χ1) is 17.3. The SMILES string of the molecule is C[C@@H]1C[C@H](Nc2ncc3nc(Nc4c(F)cc(Cl)cc4Cl)n(C4CCC(C(N)=O)CC4)c3n2)CCO1. The molecule has 0 bridgehead atoms. The molecule has 1 aromatic carbocycles. The van der Waals surface area contributed by atoms with Gasteiger partial charge in [-0.2, -0.15) is 4.98 Å². The highest BCUT2D eigenvalue weighted by Gasteiger charge is 2.30. The highest BCUT2D eigenvalue weighted by Crippen LogP contribution is 2.38. The second-order valence-electron chi connectivity index (χ2n) is 9.53. The molecule has 1 aliphatic carbocycles. The van der Waals surface area contributed by atoms with Gasteiger partial charge in [0.15, 0.2) is 5.65 Å². The van der Waals surface area contributed by atoms with Crippen molar-refractivity contribution in [3.8, 4) is 0 Å². The molecule has 2 atom stereocenters. The Morgan fingerprint density at radius 1 is 1.19 bits per heavy atom. The number of anilines is 3. The number of hydrogen-bond donors (Lipinski definition) is 3. The Morgan fingerprint density at radius 3 is 2.67 bits per heavy atom. The van der Waals surface area contributed by atoms with Crippen LogP contribution in [0.5, 0.6) is 0 Å². The van der Waals surface area contributed by atoms with Crippen molar-refractivity contribution in [2.75, 3.05) is 17.2 Å². The van der Waals surface area contributed by atoms with Crippen molar-refractivity contribution in [2.24, 2.45) is 11.7 Å². The number of aromatic nitrogens is 4. The molecule has 9 nitrogen and oxygen atoms in total. The number of carbonyl (C=O) groups is 1. The van der Waals surface area contributed by atoms with Gasteiger partial charge in [-0.25, -0.2) is 14.4 Å². The molecule has 12 heteroatoms. The van der Waals surface area contributed by atoms with E-state index in [0.29, 0.717) is 55.4 Å². The zero-order chi connectivity index (χ0) is 25.4. The van der Waals surface area contributed by atoms with E-state index in [-0.39, 0.29) is 45.7 Å². The third-order valence-electron chi connectivity index (χ3n) is 6.96. The average molecular weight is 536 g/mol. The monoisotopic (exact) mass is 535 g/mol. The van der Waals surface area contributed by atoms with Crippen LogP contribution in [0.25, 0.3) is 11.2 Å². The third kappa shape index (κ3) is 5.21. The van der Waals surface area contributed by atoms with Gasteiger partial charge in [0.1, 0.15) is 11.3 Å². The van der Waals surface area contributed by atoms with Crippen LogP contribution >= 0.6 is 23.2 Å². The lowest BCUT2D eigenvalue weighted by Gasteiger charge is -2.29. The van der Waals surface area contributed by atoms with Crippen molar-refractivity contribution in [1.82, 2.24) is 19.5 Å². The summed E-state index contributed by atoms with van der Waals surface area (Å²) in [5.41, 5.74) is 6.79. The molecular weight excluding hydrogens is 508 g/mol. The molecule has 5 rings (SSSR count). The summed E-state index contributed by atoms with van der Waals surface area (Å²) in [5.74, 6) is -0.141. The van der Waals surface area contributed by atoms with Crippen molar-refractivity contribution in [2.45, 2.75) is 63.6 Å². The summed E-state index contributed by atoms with van der Waals surface area (Å²) in [5, 5.41) is 6.81. The van der Waals surface area contributed by atoms with Crippen LogP contribution in [0.4, 0.5) is 22.0 Å². The van der Waals surface area contributed by atoms with Crippen LogP contribution < -0.4 is 16.4 Å². The maximum absolute atomic E-state index is 14.8. The van der Waals surface area contributed by atoms with Gasteiger partial charge in [0.05, 0.1) is 23.0 Å². The lowest BCUT2D eigenvalue weighted by Crippen LogP contribution is -2.33. The number of imidazole rings is 1. The molecular formula is C24H28Cl2FN7O2. The molecule has 2 fully saturated rings. The Bertz CT molecular complexity index is 1260. The van der Waals surface area contributed by atoms with Crippen molar-refractivity contribution in [3.05, 3.63) is 34.2 Å². The topological polar surface area (TPSA) is 120 Å². The fourth-order valence-corrected chi connectivity index (χ4v) is 5.61. The number of carbonyl (C=O) groups excluding carboxylic acids is 1. The van der Waals surface area contributed by atoms with Gasteiger partial charge in [0.25, 0.3) is 0 Å². The number of nitrogens with two attached hydrogens (primary N) is 1. The highest BCUT2D eigenvalue weighted by molar-refractivity contribution is 6.36. The van der Waals surface area contributed by atoms with Crippen molar-refractivity contribution >= 4 is 57.9 Å². The van der Waals surface area contributed by atoms with E-state index in [1.807, 2.05) is 11.5 Å². The van der Waals surface area contributed by atoms with Gasteiger partial charge in [-0.15, -0.1) is 0 Å². The number of primary amides is 1. The standard InChI is InChI=1S/C24H28Cl2FN7O2/c1-12-8-15(6-7-36-12)30-23-29-11-19-22(33-23)34(16-4-2-13(3-5-16)21(28)35)24(31-19)32-20-17(26)9-14(25)10-18(20)27/h9-13,15-16H,2-8H2,1H3,(H2,28,35)(H,31,32)(H,29,30,33)/t12-,13?,15-,16?/m1/s1. The minimum absolute atomic E-state index is 0.0203. The average Bonchev–Trinajstić information content (AvgIpc) is 3.18. The van der Waals surface area contributed by atoms with Gasteiger partial charge in [-0.05, 0) is 57.6 Å². The minimum Gasteiger partial charge on any atom is -0.378 e. The number of ether oxygens (including phenoxy) is 1. The minimum atomic E-state index is -0.592. The molecule has 2 aliphatic rings. The zero-order valence-corrected chi connectivity index (χ0v) is 21.3. The third-order valence-corrected chi connectivity index (χ3v) is 7.48. The van der Waals surface area contributed by atoms with Gasteiger partial charge >= 0.3 is 0 Å².